The lowest BCUT2D eigenvalue weighted by Gasteiger charge is -2.06. The Balaban J connectivity index is 2.11. The predicted molar refractivity (Wildman–Crippen MR) is 62.9 cm³/mol. The van der Waals surface area contributed by atoms with Gasteiger partial charge in [-0.25, -0.2) is 4.79 Å². The van der Waals surface area contributed by atoms with E-state index in [0.717, 1.165) is 12.5 Å². The topological polar surface area (TPSA) is 89.7 Å². The molecule has 0 aliphatic heterocycles. The van der Waals surface area contributed by atoms with Crippen molar-refractivity contribution in [2.45, 2.75) is 19.3 Å². The van der Waals surface area contributed by atoms with Crippen LogP contribution in [0.4, 0.5) is 5.69 Å². The summed E-state index contributed by atoms with van der Waals surface area (Å²) in [6.45, 7) is 0.428. The minimum atomic E-state index is -1.19. The van der Waals surface area contributed by atoms with Crippen molar-refractivity contribution < 1.29 is 19.6 Å². The van der Waals surface area contributed by atoms with E-state index in [1.54, 1.807) is 0 Å². The van der Waals surface area contributed by atoms with Crippen LogP contribution in [0.2, 0.25) is 0 Å². The minimum absolute atomic E-state index is 0.115. The predicted octanol–water partition coefficient (Wildman–Crippen LogP) is 2.47. The maximum Gasteiger partial charge on any atom is 0.335 e. The van der Waals surface area contributed by atoms with Gasteiger partial charge in [0.2, 0.25) is 0 Å². The average molecular weight is 251 g/mol. The van der Waals surface area contributed by atoms with Crippen molar-refractivity contribution in [1.82, 2.24) is 0 Å². The number of rotatable bonds is 6. The number of ether oxygens (including phenoxy) is 1. The fraction of sp³-hybridized carbons (Fsp3) is 0.417. The van der Waals surface area contributed by atoms with E-state index in [-0.39, 0.29) is 17.0 Å². The average Bonchev–Trinajstić information content (AvgIpc) is 3.13. The number of carbonyl (C=O) groups is 1. The van der Waals surface area contributed by atoms with Crippen LogP contribution in [0.15, 0.2) is 18.2 Å². The van der Waals surface area contributed by atoms with Crippen molar-refractivity contribution in [2.24, 2.45) is 5.92 Å². The summed E-state index contributed by atoms with van der Waals surface area (Å²) in [5, 5.41) is 19.6. The Labute approximate surface area is 103 Å². The lowest BCUT2D eigenvalue weighted by molar-refractivity contribution is -0.385. The molecule has 0 saturated heterocycles. The van der Waals surface area contributed by atoms with Crippen LogP contribution in [0, 0.1) is 16.0 Å². The number of nitro benzene ring substituents is 1. The number of nitro groups is 1. The SMILES string of the molecule is O=C(O)c1ccc(OCCC2CC2)c([N+](=O)[O-])c1. The van der Waals surface area contributed by atoms with Crippen molar-refractivity contribution in [1.29, 1.82) is 0 Å². The minimum Gasteiger partial charge on any atom is -0.487 e. The molecular weight excluding hydrogens is 238 g/mol. The zero-order valence-electron chi connectivity index (χ0n) is 9.67. The molecule has 1 aromatic carbocycles. The van der Waals surface area contributed by atoms with E-state index in [1.165, 1.54) is 25.0 Å². The molecule has 0 aromatic heterocycles. The second-order valence-electron chi connectivity index (χ2n) is 4.33. The Morgan fingerprint density at radius 1 is 1.50 bits per heavy atom. The second kappa shape index (κ2) is 5.03. The number of hydrogen-bond donors (Lipinski definition) is 1. The third-order valence-corrected chi connectivity index (χ3v) is 2.88. The Hall–Kier alpha value is -2.11. The molecule has 1 N–H and O–H groups in total. The summed E-state index contributed by atoms with van der Waals surface area (Å²) in [7, 11) is 0. The first-order valence-electron chi connectivity index (χ1n) is 5.72. The van der Waals surface area contributed by atoms with Gasteiger partial charge in [-0.3, -0.25) is 10.1 Å². The molecule has 2 rings (SSSR count). The molecule has 1 aromatic rings. The molecule has 1 saturated carbocycles. The highest BCUT2D eigenvalue weighted by Crippen LogP contribution is 2.33. The van der Waals surface area contributed by atoms with E-state index < -0.39 is 10.9 Å². The van der Waals surface area contributed by atoms with E-state index in [0.29, 0.717) is 12.5 Å². The van der Waals surface area contributed by atoms with Crippen molar-refractivity contribution in [3.05, 3.63) is 33.9 Å². The summed E-state index contributed by atoms with van der Waals surface area (Å²) >= 11 is 0. The number of hydrogen-bond acceptors (Lipinski definition) is 4. The van der Waals surface area contributed by atoms with Crippen LogP contribution in [0.5, 0.6) is 5.75 Å². The molecule has 1 aliphatic rings. The molecule has 6 heteroatoms. The van der Waals surface area contributed by atoms with E-state index in [4.69, 9.17) is 9.84 Å². The van der Waals surface area contributed by atoms with Crippen molar-refractivity contribution in [2.75, 3.05) is 6.61 Å². The number of benzene rings is 1. The van der Waals surface area contributed by atoms with Gasteiger partial charge in [0.1, 0.15) is 0 Å². The summed E-state index contributed by atoms with van der Waals surface area (Å²) in [6, 6.07) is 3.67. The molecule has 96 valence electrons. The monoisotopic (exact) mass is 251 g/mol. The zero-order valence-corrected chi connectivity index (χ0v) is 9.67. The number of nitrogens with zero attached hydrogens (tertiary/aromatic N) is 1. The molecule has 0 atom stereocenters. The van der Waals surface area contributed by atoms with Crippen LogP contribution in [-0.2, 0) is 0 Å². The fourth-order valence-corrected chi connectivity index (χ4v) is 1.66. The molecule has 0 amide bonds. The van der Waals surface area contributed by atoms with E-state index in [2.05, 4.69) is 0 Å². The van der Waals surface area contributed by atoms with Crippen LogP contribution < -0.4 is 4.74 Å². The van der Waals surface area contributed by atoms with Crippen LogP contribution in [0.1, 0.15) is 29.6 Å². The third kappa shape index (κ3) is 2.97. The maximum atomic E-state index is 10.8. The molecule has 18 heavy (non-hydrogen) atoms. The van der Waals surface area contributed by atoms with Crippen molar-refractivity contribution in [3.8, 4) is 5.75 Å². The summed E-state index contributed by atoms with van der Waals surface area (Å²) in [5.41, 5.74) is -0.415. The highest BCUT2D eigenvalue weighted by molar-refractivity contribution is 5.88. The molecule has 6 nitrogen and oxygen atoms in total. The number of aromatic carboxylic acids is 1. The highest BCUT2D eigenvalue weighted by atomic mass is 16.6. The molecule has 1 fully saturated rings. The maximum absolute atomic E-state index is 10.8. The molecule has 0 unspecified atom stereocenters. The van der Waals surface area contributed by atoms with Crippen LogP contribution in [0.3, 0.4) is 0 Å². The second-order valence-corrected chi connectivity index (χ2v) is 4.33. The molecular formula is C12H13NO5. The molecule has 1 aliphatic carbocycles. The summed E-state index contributed by atoms with van der Waals surface area (Å²) < 4.78 is 5.35. The first-order valence-corrected chi connectivity index (χ1v) is 5.72. The van der Waals surface area contributed by atoms with Crippen LogP contribution in [0.25, 0.3) is 0 Å². The van der Waals surface area contributed by atoms with Gasteiger partial charge >= 0.3 is 11.7 Å². The Bertz CT molecular complexity index is 481. The van der Waals surface area contributed by atoms with Gasteiger partial charge in [0.25, 0.3) is 0 Å². The lowest BCUT2D eigenvalue weighted by atomic mass is 10.2. The first-order chi connectivity index (χ1) is 8.58. The number of carboxylic acids is 1. The van der Waals surface area contributed by atoms with E-state index >= 15 is 0 Å². The summed E-state index contributed by atoms with van der Waals surface area (Å²) in [4.78, 5) is 20.9. The van der Waals surface area contributed by atoms with Gasteiger partial charge in [-0.2, -0.15) is 0 Å². The van der Waals surface area contributed by atoms with Gasteiger partial charge in [-0.15, -0.1) is 0 Å². The standard InChI is InChI=1S/C12H13NO5/c14-12(15)9-3-4-11(10(7-9)13(16)17)18-6-5-8-1-2-8/h3-4,7-8H,1-2,5-6H2,(H,14,15). The van der Waals surface area contributed by atoms with Gasteiger partial charge < -0.3 is 9.84 Å². The van der Waals surface area contributed by atoms with Crippen molar-refractivity contribution >= 4 is 11.7 Å². The smallest absolute Gasteiger partial charge is 0.335 e. The van der Waals surface area contributed by atoms with Crippen LogP contribution in [-0.4, -0.2) is 22.6 Å². The first kappa shape index (κ1) is 12.3. The zero-order chi connectivity index (χ0) is 13.1. The van der Waals surface area contributed by atoms with Gasteiger partial charge in [-0.05, 0) is 24.5 Å². The normalized spacial score (nSPS) is 14.2. The third-order valence-electron chi connectivity index (χ3n) is 2.88. The molecule has 0 radical (unpaired) electrons. The Morgan fingerprint density at radius 3 is 2.78 bits per heavy atom. The summed E-state index contributed by atoms with van der Waals surface area (Å²) in [5.74, 6) is -0.379. The lowest BCUT2D eigenvalue weighted by Crippen LogP contribution is -2.03. The van der Waals surface area contributed by atoms with Gasteiger partial charge in [-0.1, -0.05) is 12.8 Å². The molecule has 0 spiro atoms. The fourth-order valence-electron chi connectivity index (χ4n) is 1.66. The Kier molecular flexibility index (Phi) is 3.45. The largest absolute Gasteiger partial charge is 0.487 e. The van der Waals surface area contributed by atoms with Gasteiger partial charge in [0, 0.05) is 6.07 Å². The van der Waals surface area contributed by atoms with Gasteiger partial charge in [0.15, 0.2) is 5.75 Å². The van der Waals surface area contributed by atoms with Crippen molar-refractivity contribution in [3.63, 3.8) is 0 Å². The quantitative estimate of drug-likeness (QED) is 0.619. The molecule has 0 bridgehead atoms. The van der Waals surface area contributed by atoms with Crippen LogP contribution >= 0.6 is 0 Å². The highest BCUT2D eigenvalue weighted by Gasteiger charge is 2.22. The summed E-state index contributed by atoms with van der Waals surface area (Å²) in [6.07, 6.45) is 3.28. The van der Waals surface area contributed by atoms with Gasteiger partial charge in [0.05, 0.1) is 17.1 Å². The van der Waals surface area contributed by atoms with E-state index in [9.17, 15) is 14.9 Å². The number of carboxylic acid groups (broad SMARTS) is 1. The Morgan fingerprint density at radius 2 is 2.22 bits per heavy atom. The van der Waals surface area contributed by atoms with E-state index in [1.807, 2.05) is 0 Å². The molecule has 0 heterocycles.